The zero-order valence-electron chi connectivity index (χ0n) is 22.5. The van der Waals surface area contributed by atoms with Crippen LogP contribution in [-0.4, -0.2) is 50.2 Å². The van der Waals surface area contributed by atoms with Crippen LogP contribution in [0.3, 0.4) is 0 Å². The van der Waals surface area contributed by atoms with Crippen LogP contribution in [0, 0.1) is 16.0 Å². The van der Waals surface area contributed by atoms with Crippen molar-refractivity contribution < 1.29 is 43.8 Å². The number of nitrogens with zero attached hydrogens (tertiary/aromatic N) is 2. The van der Waals surface area contributed by atoms with Gasteiger partial charge < -0.3 is 19.7 Å². The molecule has 3 aromatic carbocycles. The van der Waals surface area contributed by atoms with Crippen molar-refractivity contribution in [2.75, 3.05) is 0 Å². The zero-order chi connectivity index (χ0) is 30.5. The van der Waals surface area contributed by atoms with Crippen LogP contribution in [0.15, 0.2) is 84.9 Å². The predicted octanol–water partition coefficient (Wildman–Crippen LogP) is 5.44. The van der Waals surface area contributed by atoms with Crippen LogP contribution in [-0.2, 0) is 38.7 Å². The Labute approximate surface area is 241 Å². The normalized spacial score (nSPS) is 12.0. The van der Waals surface area contributed by atoms with Crippen molar-refractivity contribution in [1.29, 1.82) is 0 Å². The third kappa shape index (κ3) is 9.44. The van der Waals surface area contributed by atoms with Gasteiger partial charge in [0, 0.05) is 12.1 Å². The molecule has 42 heavy (non-hydrogen) atoms. The first kappa shape index (κ1) is 31.3. The minimum Gasteiger partial charge on any atom is -0.481 e. The smallest absolute Gasteiger partial charge is 0.420 e. The Bertz CT molecular complexity index is 1310. The van der Waals surface area contributed by atoms with E-state index in [-0.39, 0.29) is 44.6 Å². The summed E-state index contributed by atoms with van der Waals surface area (Å²) >= 11 is 0. The summed E-state index contributed by atoms with van der Waals surface area (Å²) in [5, 5.41) is 30.5. The van der Waals surface area contributed by atoms with Gasteiger partial charge in [0.15, 0.2) is 0 Å². The number of nitro benzene ring substituents is 1. The van der Waals surface area contributed by atoms with Crippen molar-refractivity contribution >= 4 is 29.8 Å². The minimum absolute atomic E-state index is 0.0159. The lowest BCUT2D eigenvalue weighted by atomic mass is 9.93. The number of hydrogen-bond donors (Lipinski definition) is 2. The van der Waals surface area contributed by atoms with E-state index in [0.29, 0.717) is 21.6 Å². The summed E-state index contributed by atoms with van der Waals surface area (Å²) in [6.45, 7) is -0.435. The van der Waals surface area contributed by atoms with Crippen LogP contribution in [0.25, 0.3) is 0 Å². The molecule has 220 valence electrons. The highest BCUT2D eigenvalue weighted by atomic mass is 16.6. The second-order valence-corrected chi connectivity index (χ2v) is 9.40. The van der Waals surface area contributed by atoms with Crippen LogP contribution in [0.5, 0.6) is 0 Å². The number of carbonyl (C=O) groups excluding carboxylic acids is 2. The van der Waals surface area contributed by atoms with Gasteiger partial charge in [-0.15, -0.1) is 0 Å². The molecule has 0 bridgehead atoms. The maximum absolute atomic E-state index is 13.0. The lowest BCUT2D eigenvalue weighted by Gasteiger charge is -2.26. The summed E-state index contributed by atoms with van der Waals surface area (Å²) < 4.78 is 10.5. The fraction of sp³-hybridized carbons (Fsp3) is 0.267. The van der Waals surface area contributed by atoms with Crippen molar-refractivity contribution in [2.24, 2.45) is 5.92 Å². The summed E-state index contributed by atoms with van der Waals surface area (Å²) in [5.74, 6) is -3.57. The molecule has 2 unspecified atom stereocenters. The standard InChI is InChI=1S/C30H30N2O10/c33-27(34)24(18-21-14-16-25(17-15-21)32(39)40)12-7-13-26(28(35)36)31(29(37)41-19-22-8-3-1-4-9-22)30(38)42-20-23-10-5-2-6-11-23/h1-6,8-11,14-17,24,26H,7,12-13,18-20H2,(H,33,34)(H,35,36). The van der Waals surface area contributed by atoms with E-state index in [2.05, 4.69) is 0 Å². The number of carboxylic acids is 2. The van der Waals surface area contributed by atoms with E-state index in [1.807, 2.05) is 0 Å². The fourth-order valence-corrected chi connectivity index (χ4v) is 4.18. The molecule has 0 heterocycles. The molecule has 0 fully saturated rings. The van der Waals surface area contributed by atoms with E-state index in [0.717, 1.165) is 0 Å². The molecule has 2 amide bonds. The van der Waals surface area contributed by atoms with Gasteiger partial charge in [0.2, 0.25) is 0 Å². The van der Waals surface area contributed by atoms with Crippen molar-refractivity contribution in [3.63, 3.8) is 0 Å². The number of carboxylic acid groups (broad SMARTS) is 2. The lowest BCUT2D eigenvalue weighted by Crippen LogP contribution is -2.49. The third-order valence-corrected chi connectivity index (χ3v) is 6.41. The summed E-state index contributed by atoms with van der Waals surface area (Å²) in [4.78, 5) is 60.9. The number of hydrogen-bond acceptors (Lipinski definition) is 8. The van der Waals surface area contributed by atoms with Crippen LogP contribution in [0.4, 0.5) is 15.3 Å². The van der Waals surface area contributed by atoms with Crippen molar-refractivity contribution in [1.82, 2.24) is 4.90 Å². The topological polar surface area (TPSA) is 174 Å². The van der Waals surface area contributed by atoms with Gasteiger partial charge in [-0.3, -0.25) is 14.9 Å². The van der Waals surface area contributed by atoms with Crippen molar-refractivity contribution in [3.05, 3.63) is 112 Å². The Morgan fingerprint density at radius 3 is 1.64 bits per heavy atom. The molecule has 2 atom stereocenters. The number of ether oxygens (including phenoxy) is 2. The lowest BCUT2D eigenvalue weighted by molar-refractivity contribution is -0.384. The van der Waals surface area contributed by atoms with Gasteiger partial charge in [0.05, 0.1) is 10.8 Å². The molecule has 0 spiro atoms. The van der Waals surface area contributed by atoms with Gasteiger partial charge in [-0.25, -0.2) is 14.4 Å². The van der Waals surface area contributed by atoms with Crippen molar-refractivity contribution in [2.45, 2.75) is 44.9 Å². The number of nitro groups is 1. The van der Waals surface area contributed by atoms with Crippen LogP contribution in [0.1, 0.15) is 36.0 Å². The first-order valence-electron chi connectivity index (χ1n) is 13.0. The van der Waals surface area contributed by atoms with Gasteiger partial charge in [0.25, 0.3) is 5.69 Å². The molecule has 3 aromatic rings. The number of carbonyl (C=O) groups is 4. The van der Waals surface area contributed by atoms with Gasteiger partial charge in [-0.2, -0.15) is 4.90 Å². The van der Waals surface area contributed by atoms with Gasteiger partial charge in [-0.05, 0) is 42.4 Å². The molecule has 0 radical (unpaired) electrons. The first-order chi connectivity index (χ1) is 20.2. The summed E-state index contributed by atoms with van der Waals surface area (Å²) in [5.41, 5.74) is 1.66. The van der Waals surface area contributed by atoms with E-state index < -0.39 is 41.0 Å². The molecule has 3 rings (SSSR count). The SMILES string of the molecule is O=C(O)C(CCCC(C(=O)O)N(C(=O)OCc1ccccc1)C(=O)OCc1ccccc1)Cc1ccc([N+](=O)[O-])cc1. The Hall–Kier alpha value is -5.26. The number of non-ortho nitro benzene ring substituents is 1. The molecule has 12 nitrogen and oxygen atoms in total. The Balaban J connectivity index is 1.71. The van der Waals surface area contributed by atoms with Crippen LogP contribution < -0.4 is 0 Å². The number of aliphatic carboxylic acids is 2. The van der Waals surface area contributed by atoms with Gasteiger partial charge >= 0.3 is 24.1 Å². The Morgan fingerprint density at radius 2 is 1.21 bits per heavy atom. The molecule has 0 saturated heterocycles. The highest BCUT2D eigenvalue weighted by Gasteiger charge is 2.37. The average Bonchev–Trinajstić information content (AvgIpc) is 2.98. The number of rotatable bonds is 14. The first-order valence-corrected chi connectivity index (χ1v) is 13.0. The maximum Gasteiger partial charge on any atom is 0.420 e. The third-order valence-electron chi connectivity index (χ3n) is 6.41. The largest absolute Gasteiger partial charge is 0.481 e. The molecule has 12 heteroatoms. The summed E-state index contributed by atoms with van der Waals surface area (Å²) in [6.07, 6.45) is -2.61. The van der Waals surface area contributed by atoms with E-state index in [1.54, 1.807) is 60.7 Å². The molecule has 0 aliphatic heterocycles. The predicted molar refractivity (Wildman–Crippen MR) is 148 cm³/mol. The Kier molecular flexibility index (Phi) is 11.5. The number of amides is 2. The zero-order valence-corrected chi connectivity index (χ0v) is 22.5. The second kappa shape index (κ2) is 15.5. The van der Waals surface area contributed by atoms with Crippen LogP contribution >= 0.6 is 0 Å². The summed E-state index contributed by atoms with van der Waals surface area (Å²) in [7, 11) is 0. The van der Waals surface area contributed by atoms with E-state index in [1.165, 1.54) is 24.3 Å². The molecular weight excluding hydrogens is 548 g/mol. The number of imide groups is 1. The van der Waals surface area contributed by atoms with Gasteiger partial charge in [0.1, 0.15) is 19.3 Å². The molecular formula is C30H30N2O10. The van der Waals surface area contributed by atoms with E-state index in [9.17, 15) is 39.5 Å². The molecule has 0 saturated carbocycles. The van der Waals surface area contributed by atoms with E-state index >= 15 is 0 Å². The quantitative estimate of drug-likeness (QED) is 0.185. The maximum atomic E-state index is 13.0. The van der Waals surface area contributed by atoms with E-state index in [4.69, 9.17) is 9.47 Å². The molecule has 0 aromatic heterocycles. The fourth-order valence-electron chi connectivity index (χ4n) is 4.18. The van der Waals surface area contributed by atoms with Gasteiger partial charge in [-0.1, -0.05) is 72.8 Å². The molecule has 0 aliphatic carbocycles. The number of benzene rings is 3. The minimum atomic E-state index is -1.69. The monoisotopic (exact) mass is 578 g/mol. The highest BCUT2D eigenvalue weighted by Crippen LogP contribution is 2.22. The summed E-state index contributed by atoms with van der Waals surface area (Å²) in [6, 6.07) is 21.0. The average molecular weight is 579 g/mol. The molecule has 0 aliphatic rings. The molecule has 2 N–H and O–H groups in total. The Morgan fingerprint density at radius 1 is 0.714 bits per heavy atom. The highest BCUT2D eigenvalue weighted by molar-refractivity contribution is 5.93. The second-order valence-electron chi connectivity index (χ2n) is 9.40. The van der Waals surface area contributed by atoms with Crippen LogP contribution in [0.2, 0.25) is 0 Å². The van der Waals surface area contributed by atoms with Crippen molar-refractivity contribution in [3.8, 4) is 0 Å².